The third-order valence-electron chi connectivity index (χ3n) is 3.39. The summed E-state index contributed by atoms with van der Waals surface area (Å²) in [4.78, 5) is 49.4. The van der Waals surface area contributed by atoms with E-state index in [1.807, 2.05) is 0 Å². The van der Waals surface area contributed by atoms with Crippen molar-refractivity contribution in [1.82, 2.24) is 10.3 Å². The van der Waals surface area contributed by atoms with E-state index in [1.54, 1.807) is 25.1 Å². The van der Waals surface area contributed by atoms with Crippen LogP contribution in [0.3, 0.4) is 0 Å². The molecular formula is C18H19N3O5. The molecule has 136 valence electrons. The second-order valence-electron chi connectivity index (χ2n) is 5.42. The van der Waals surface area contributed by atoms with Gasteiger partial charge in [-0.1, -0.05) is 6.07 Å². The highest BCUT2D eigenvalue weighted by molar-refractivity contribution is 5.99. The summed E-state index contributed by atoms with van der Waals surface area (Å²) < 4.78 is 4.90. The lowest BCUT2D eigenvalue weighted by Gasteiger charge is -2.08. The van der Waals surface area contributed by atoms with Crippen molar-refractivity contribution in [1.29, 1.82) is 0 Å². The number of amides is 2. The molecule has 0 aliphatic rings. The highest BCUT2D eigenvalue weighted by atomic mass is 16.5. The number of aromatic nitrogens is 1. The van der Waals surface area contributed by atoms with Crippen molar-refractivity contribution in [2.45, 2.75) is 13.8 Å². The zero-order valence-corrected chi connectivity index (χ0v) is 14.4. The van der Waals surface area contributed by atoms with E-state index in [2.05, 4.69) is 15.6 Å². The van der Waals surface area contributed by atoms with Crippen molar-refractivity contribution in [2.24, 2.45) is 0 Å². The molecule has 0 radical (unpaired) electrons. The summed E-state index contributed by atoms with van der Waals surface area (Å²) in [7, 11) is 0. The molecule has 2 aromatic rings. The van der Waals surface area contributed by atoms with Crippen LogP contribution in [-0.2, 0) is 9.53 Å². The van der Waals surface area contributed by atoms with Crippen LogP contribution in [0.1, 0.15) is 45.1 Å². The van der Waals surface area contributed by atoms with Gasteiger partial charge in [0.05, 0.1) is 0 Å². The molecule has 0 fully saturated rings. The van der Waals surface area contributed by atoms with Crippen LogP contribution in [0.15, 0.2) is 36.5 Å². The molecule has 0 saturated heterocycles. The first kappa shape index (κ1) is 18.9. The first-order chi connectivity index (χ1) is 12.4. The molecule has 1 heterocycles. The summed E-state index contributed by atoms with van der Waals surface area (Å²) in [6.45, 7) is 3.18. The van der Waals surface area contributed by atoms with Gasteiger partial charge in [0.25, 0.3) is 11.8 Å². The number of anilines is 1. The minimum absolute atomic E-state index is 0.0845. The Morgan fingerprint density at radius 3 is 2.54 bits per heavy atom. The zero-order chi connectivity index (χ0) is 19.1. The van der Waals surface area contributed by atoms with Gasteiger partial charge in [0, 0.05) is 29.6 Å². The Morgan fingerprint density at radius 2 is 1.88 bits per heavy atom. The number of nitrogens with one attached hydrogen (secondary N) is 3. The van der Waals surface area contributed by atoms with Gasteiger partial charge in [0.2, 0.25) is 0 Å². The van der Waals surface area contributed by atoms with E-state index >= 15 is 0 Å². The number of Topliss-reactive ketones (excluding diaryl/α,β-unsaturated/α-hetero) is 1. The van der Waals surface area contributed by atoms with Crippen molar-refractivity contribution < 1.29 is 23.9 Å². The lowest BCUT2D eigenvalue weighted by molar-refractivity contribution is -0.119. The smallest absolute Gasteiger partial charge is 0.355 e. The molecule has 0 aliphatic heterocycles. The van der Waals surface area contributed by atoms with Gasteiger partial charge >= 0.3 is 5.97 Å². The summed E-state index contributed by atoms with van der Waals surface area (Å²) >= 11 is 0. The first-order valence-corrected chi connectivity index (χ1v) is 7.95. The van der Waals surface area contributed by atoms with E-state index in [0.29, 0.717) is 23.4 Å². The predicted octanol–water partition coefficient (Wildman–Crippen LogP) is 1.76. The van der Waals surface area contributed by atoms with E-state index in [0.717, 1.165) is 0 Å². The molecule has 0 unspecified atom stereocenters. The van der Waals surface area contributed by atoms with Crippen molar-refractivity contribution in [3.05, 3.63) is 53.3 Å². The average Bonchev–Trinajstić information content (AvgIpc) is 3.10. The van der Waals surface area contributed by atoms with E-state index < -0.39 is 18.5 Å². The molecule has 1 aromatic heterocycles. The number of aromatic amines is 1. The molecule has 8 nitrogen and oxygen atoms in total. The maximum Gasteiger partial charge on any atom is 0.355 e. The molecule has 0 saturated carbocycles. The molecular weight excluding hydrogens is 338 g/mol. The number of benzene rings is 1. The standard InChI is InChI=1S/C18H19N3O5/c1-3-19-17(24)12-5-4-6-14(7-12)21-16(23)10-26-18(25)15-8-13(9-20-15)11(2)22/h4-9,20H,3,10H2,1-2H3,(H,19,24)(H,21,23). The van der Waals surface area contributed by atoms with Crippen LogP contribution in [0.5, 0.6) is 0 Å². The number of hydrogen-bond acceptors (Lipinski definition) is 5. The number of ether oxygens (including phenoxy) is 1. The number of rotatable bonds is 7. The second-order valence-corrected chi connectivity index (χ2v) is 5.42. The second kappa shape index (κ2) is 8.61. The maximum atomic E-state index is 11.9. The van der Waals surface area contributed by atoms with E-state index in [4.69, 9.17) is 4.74 Å². The van der Waals surface area contributed by atoms with Gasteiger partial charge in [-0.2, -0.15) is 0 Å². The third kappa shape index (κ3) is 5.04. The number of H-pyrrole nitrogens is 1. The summed E-state index contributed by atoms with van der Waals surface area (Å²) in [5.41, 5.74) is 1.25. The number of carbonyl (C=O) groups excluding carboxylic acids is 4. The Kier molecular flexibility index (Phi) is 6.26. The van der Waals surface area contributed by atoms with Crippen LogP contribution < -0.4 is 10.6 Å². The molecule has 26 heavy (non-hydrogen) atoms. The molecule has 8 heteroatoms. The van der Waals surface area contributed by atoms with Gasteiger partial charge in [-0.25, -0.2) is 4.79 Å². The fourth-order valence-corrected chi connectivity index (χ4v) is 2.12. The SMILES string of the molecule is CCNC(=O)c1cccc(NC(=O)COC(=O)c2cc(C(C)=O)c[nH]2)c1. The quantitative estimate of drug-likeness (QED) is 0.516. The molecule has 0 aliphatic carbocycles. The van der Waals surface area contributed by atoms with Crippen LogP contribution in [-0.4, -0.2) is 41.7 Å². The fraction of sp³-hybridized carbons (Fsp3) is 0.222. The molecule has 2 rings (SSSR count). The minimum atomic E-state index is -0.747. The molecule has 1 aromatic carbocycles. The summed E-state index contributed by atoms with van der Waals surface area (Å²) in [5.74, 6) is -1.73. The minimum Gasteiger partial charge on any atom is -0.451 e. The van der Waals surface area contributed by atoms with Crippen LogP contribution in [0, 0.1) is 0 Å². The predicted molar refractivity (Wildman–Crippen MR) is 94.2 cm³/mol. The van der Waals surface area contributed by atoms with Crippen molar-refractivity contribution >= 4 is 29.3 Å². The Hall–Kier alpha value is -3.42. The van der Waals surface area contributed by atoms with Crippen molar-refractivity contribution in [3.8, 4) is 0 Å². The number of carbonyl (C=O) groups is 4. The molecule has 0 spiro atoms. The largest absolute Gasteiger partial charge is 0.451 e. The van der Waals surface area contributed by atoms with Gasteiger partial charge in [-0.15, -0.1) is 0 Å². The van der Waals surface area contributed by atoms with Crippen LogP contribution in [0.25, 0.3) is 0 Å². The van der Waals surface area contributed by atoms with E-state index in [1.165, 1.54) is 25.3 Å². The van der Waals surface area contributed by atoms with Crippen LogP contribution in [0.2, 0.25) is 0 Å². The summed E-state index contributed by atoms with van der Waals surface area (Å²) in [6.07, 6.45) is 1.39. The monoisotopic (exact) mass is 357 g/mol. The lowest BCUT2D eigenvalue weighted by atomic mass is 10.2. The number of ketones is 1. The van der Waals surface area contributed by atoms with Gasteiger partial charge in [-0.3, -0.25) is 14.4 Å². The highest BCUT2D eigenvalue weighted by Gasteiger charge is 2.14. The van der Waals surface area contributed by atoms with Crippen molar-refractivity contribution in [2.75, 3.05) is 18.5 Å². The summed E-state index contributed by atoms with van der Waals surface area (Å²) in [5, 5.41) is 5.21. The maximum absolute atomic E-state index is 11.9. The van der Waals surface area contributed by atoms with Crippen LogP contribution >= 0.6 is 0 Å². The summed E-state index contributed by atoms with van der Waals surface area (Å²) in [6, 6.07) is 7.76. The van der Waals surface area contributed by atoms with Crippen molar-refractivity contribution in [3.63, 3.8) is 0 Å². The Labute approximate surface area is 149 Å². The Morgan fingerprint density at radius 1 is 1.12 bits per heavy atom. The van der Waals surface area contributed by atoms with Gasteiger partial charge in [0.1, 0.15) is 5.69 Å². The van der Waals surface area contributed by atoms with Crippen LogP contribution in [0.4, 0.5) is 5.69 Å². The Balaban J connectivity index is 1.90. The van der Waals surface area contributed by atoms with E-state index in [9.17, 15) is 19.2 Å². The first-order valence-electron chi connectivity index (χ1n) is 7.95. The van der Waals surface area contributed by atoms with E-state index in [-0.39, 0.29) is 17.4 Å². The molecule has 3 N–H and O–H groups in total. The third-order valence-corrected chi connectivity index (χ3v) is 3.39. The molecule has 2 amide bonds. The fourth-order valence-electron chi connectivity index (χ4n) is 2.12. The molecule has 0 atom stereocenters. The van der Waals surface area contributed by atoms with Gasteiger partial charge in [-0.05, 0) is 38.1 Å². The van der Waals surface area contributed by atoms with Gasteiger partial charge < -0.3 is 20.4 Å². The highest BCUT2D eigenvalue weighted by Crippen LogP contribution is 2.11. The Bertz CT molecular complexity index is 841. The average molecular weight is 357 g/mol. The molecule has 0 bridgehead atoms. The number of esters is 1. The topological polar surface area (TPSA) is 117 Å². The normalized spacial score (nSPS) is 10.1. The van der Waals surface area contributed by atoms with Gasteiger partial charge in [0.15, 0.2) is 12.4 Å². The lowest BCUT2D eigenvalue weighted by Crippen LogP contribution is -2.23. The zero-order valence-electron chi connectivity index (χ0n) is 14.4. The number of hydrogen-bond donors (Lipinski definition) is 3.